The van der Waals surface area contributed by atoms with Gasteiger partial charge in [-0.05, 0) is 39.0 Å². The van der Waals surface area contributed by atoms with Crippen LogP contribution in [0.2, 0.25) is 0 Å². The number of hydrogen-bond donors (Lipinski definition) is 2. The number of benzene rings is 1. The minimum absolute atomic E-state index is 0.126. The lowest BCUT2D eigenvalue weighted by Gasteiger charge is -2.20. The third-order valence-corrected chi connectivity index (χ3v) is 2.68. The number of rotatable bonds is 2. The third kappa shape index (κ3) is 3.38. The molecule has 0 aliphatic carbocycles. The number of nitrogens with zero attached hydrogens (tertiary/aromatic N) is 1. The summed E-state index contributed by atoms with van der Waals surface area (Å²) >= 11 is 0. The molecule has 0 aliphatic rings. The van der Waals surface area contributed by atoms with Crippen molar-refractivity contribution in [2.75, 3.05) is 0 Å². The number of fused-ring (bicyclic) bond motifs is 1. The Balaban J connectivity index is 2.18. The van der Waals surface area contributed by atoms with Gasteiger partial charge in [0.2, 0.25) is 0 Å². The van der Waals surface area contributed by atoms with Crippen LogP contribution in [0.3, 0.4) is 0 Å². The Kier molecular flexibility index (Phi) is 3.79. The zero-order valence-electron chi connectivity index (χ0n) is 11.8. The lowest BCUT2D eigenvalue weighted by Crippen LogP contribution is -2.32. The molecule has 2 rings (SSSR count). The minimum Gasteiger partial charge on any atom is -0.508 e. The number of carbonyl (C=O) groups excluding carboxylic acids is 1. The number of amides is 1. The highest BCUT2D eigenvalue weighted by Gasteiger charge is 2.16. The molecule has 1 heterocycles. The van der Waals surface area contributed by atoms with E-state index in [1.54, 1.807) is 45.2 Å². The van der Waals surface area contributed by atoms with E-state index in [2.05, 4.69) is 10.3 Å². The van der Waals surface area contributed by atoms with Crippen molar-refractivity contribution in [2.45, 2.75) is 32.9 Å². The number of aromatic nitrogens is 1. The standard InChI is InChI=1S/C15H18N2O3/c1-15(2,3)20-14(19)17-9-11-10-5-4-8-16-12(10)6-7-13(11)18/h4-8,18H,9H2,1-3H3,(H,17,19). The van der Waals surface area contributed by atoms with E-state index in [1.807, 2.05) is 6.07 Å². The number of ether oxygens (including phenoxy) is 1. The van der Waals surface area contributed by atoms with Crippen LogP contribution in [0.1, 0.15) is 26.3 Å². The lowest BCUT2D eigenvalue weighted by atomic mass is 10.1. The van der Waals surface area contributed by atoms with Crippen LogP contribution < -0.4 is 5.32 Å². The molecule has 1 amide bonds. The number of carbonyl (C=O) groups is 1. The van der Waals surface area contributed by atoms with Crippen LogP contribution in [0.5, 0.6) is 5.75 Å². The van der Waals surface area contributed by atoms with Gasteiger partial charge in [-0.2, -0.15) is 0 Å². The molecule has 0 spiro atoms. The molecule has 5 nitrogen and oxygen atoms in total. The van der Waals surface area contributed by atoms with Gasteiger partial charge in [0.25, 0.3) is 0 Å². The fourth-order valence-corrected chi connectivity index (χ4v) is 1.86. The quantitative estimate of drug-likeness (QED) is 0.883. The smallest absolute Gasteiger partial charge is 0.407 e. The molecule has 0 bridgehead atoms. The summed E-state index contributed by atoms with van der Waals surface area (Å²) in [5.74, 6) is 0.126. The molecule has 106 valence electrons. The first-order valence-electron chi connectivity index (χ1n) is 6.39. The number of phenols is 1. The largest absolute Gasteiger partial charge is 0.508 e. The van der Waals surface area contributed by atoms with Crippen LogP contribution in [0, 0.1) is 0 Å². The van der Waals surface area contributed by atoms with E-state index < -0.39 is 11.7 Å². The zero-order valence-corrected chi connectivity index (χ0v) is 11.8. The van der Waals surface area contributed by atoms with Crippen molar-refractivity contribution in [3.05, 3.63) is 36.0 Å². The van der Waals surface area contributed by atoms with E-state index in [1.165, 1.54) is 0 Å². The first-order chi connectivity index (χ1) is 9.37. The van der Waals surface area contributed by atoms with Crippen LogP contribution >= 0.6 is 0 Å². The van der Waals surface area contributed by atoms with Gasteiger partial charge >= 0.3 is 6.09 Å². The van der Waals surface area contributed by atoms with Gasteiger partial charge in [-0.3, -0.25) is 4.98 Å². The van der Waals surface area contributed by atoms with E-state index in [9.17, 15) is 9.90 Å². The Morgan fingerprint density at radius 3 is 2.80 bits per heavy atom. The van der Waals surface area contributed by atoms with Crippen molar-refractivity contribution in [2.24, 2.45) is 0 Å². The summed E-state index contributed by atoms with van der Waals surface area (Å²) in [6.45, 7) is 5.58. The van der Waals surface area contributed by atoms with Crippen LogP contribution in [-0.4, -0.2) is 21.8 Å². The average Bonchev–Trinajstić information content (AvgIpc) is 2.35. The van der Waals surface area contributed by atoms with Gasteiger partial charge in [0.05, 0.1) is 12.1 Å². The second-order valence-corrected chi connectivity index (χ2v) is 5.49. The molecule has 0 saturated heterocycles. The van der Waals surface area contributed by atoms with E-state index in [0.29, 0.717) is 5.56 Å². The highest BCUT2D eigenvalue weighted by Crippen LogP contribution is 2.25. The van der Waals surface area contributed by atoms with E-state index >= 15 is 0 Å². The van der Waals surface area contributed by atoms with Crippen molar-refractivity contribution in [1.29, 1.82) is 0 Å². The van der Waals surface area contributed by atoms with Crippen LogP contribution in [0.4, 0.5) is 4.79 Å². The molecule has 0 radical (unpaired) electrons. The third-order valence-electron chi connectivity index (χ3n) is 2.68. The number of alkyl carbamates (subject to hydrolysis) is 1. The minimum atomic E-state index is -0.549. The van der Waals surface area contributed by atoms with Crippen LogP contribution in [0.25, 0.3) is 10.9 Å². The molecule has 1 aromatic carbocycles. The first kappa shape index (κ1) is 14.1. The molecule has 0 saturated carbocycles. The lowest BCUT2D eigenvalue weighted by molar-refractivity contribution is 0.0523. The number of nitrogens with one attached hydrogen (secondary N) is 1. The Hall–Kier alpha value is -2.30. The Morgan fingerprint density at radius 2 is 2.10 bits per heavy atom. The van der Waals surface area contributed by atoms with Gasteiger partial charge in [0.1, 0.15) is 11.4 Å². The summed E-state index contributed by atoms with van der Waals surface area (Å²) in [4.78, 5) is 15.9. The fraction of sp³-hybridized carbons (Fsp3) is 0.333. The van der Waals surface area contributed by atoms with E-state index in [0.717, 1.165) is 10.9 Å². The summed E-state index contributed by atoms with van der Waals surface area (Å²) < 4.78 is 5.16. The SMILES string of the molecule is CC(C)(C)OC(=O)NCc1c(O)ccc2ncccc12. The molecule has 2 N–H and O–H groups in total. The van der Waals surface area contributed by atoms with Crippen molar-refractivity contribution >= 4 is 17.0 Å². The maximum absolute atomic E-state index is 11.6. The van der Waals surface area contributed by atoms with Gasteiger partial charge in [-0.25, -0.2) is 4.79 Å². The van der Waals surface area contributed by atoms with E-state index in [-0.39, 0.29) is 12.3 Å². The summed E-state index contributed by atoms with van der Waals surface area (Å²) in [7, 11) is 0. The average molecular weight is 274 g/mol. The number of pyridine rings is 1. The molecule has 0 fully saturated rings. The molecule has 5 heteroatoms. The van der Waals surface area contributed by atoms with E-state index in [4.69, 9.17) is 4.74 Å². The highest BCUT2D eigenvalue weighted by molar-refractivity contribution is 5.84. The number of aromatic hydroxyl groups is 1. The Bertz CT molecular complexity index is 633. The fourth-order valence-electron chi connectivity index (χ4n) is 1.86. The normalized spacial score (nSPS) is 11.3. The summed E-state index contributed by atoms with van der Waals surface area (Å²) in [5, 5.41) is 13.4. The molecular formula is C15H18N2O3. The summed E-state index contributed by atoms with van der Waals surface area (Å²) in [6.07, 6.45) is 1.17. The monoisotopic (exact) mass is 274 g/mol. The van der Waals surface area contributed by atoms with Crippen molar-refractivity contribution in [3.8, 4) is 5.75 Å². The van der Waals surface area contributed by atoms with Gasteiger partial charge in [0.15, 0.2) is 0 Å². The summed E-state index contributed by atoms with van der Waals surface area (Å²) in [5.41, 5.74) is 0.847. The maximum Gasteiger partial charge on any atom is 0.407 e. The predicted molar refractivity (Wildman–Crippen MR) is 76.5 cm³/mol. The zero-order chi connectivity index (χ0) is 14.8. The molecular weight excluding hydrogens is 256 g/mol. The molecule has 0 atom stereocenters. The maximum atomic E-state index is 11.6. The Morgan fingerprint density at radius 1 is 1.35 bits per heavy atom. The Labute approximate surface area is 117 Å². The molecule has 2 aromatic rings. The topological polar surface area (TPSA) is 71.5 Å². The van der Waals surface area contributed by atoms with Gasteiger partial charge in [0, 0.05) is 17.1 Å². The van der Waals surface area contributed by atoms with Crippen LogP contribution in [0.15, 0.2) is 30.5 Å². The van der Waals surface area contributed by atoms with Gasteiger partial charge in [-0.1, -0.05) is 6.07 Å². The summed E-state index contributed by atoms with van der Waals surface area (Å²) in [6, 6.07) is 6.95. The van der Waals surface area contributed by atoms with Gasteiger partial charge < -0.3 is 15.2 Å². The molecule has 0 aliphatic heterocycles. The van der Waals surface area contributed by atoms with Gasteiger partial charge in [-0.15, -0.1) is 0 Å². The van der Waals surface area contributed by atoms with Crippen molar-refractivity contribution in [3.63, 3.8) is 0 Å². The molecule has 1 aromatic heterocycles. The second kappa shape index (κ2) is 5.36. The molecule has 20 heavy (non-hydrogen) atoms. The number of phenolic OH excluding ortho intramolecular Hbond substituents is 1. The second-order valence-electron chi connectivity index (χ2n) is 5.49. The molecule has 0 unspecified atom stereocenters. The predicted octanol–water partition coefficient (Wildman–Crippen LogP) is 2.97. The first-order valence-corrected chi connectivity index (χ1v) is 6.39. The van der Waals surface area contributed by atoms with Crippen LogP contribution in [-0.2, 0) is 11.3 Å². The number of hydrogen-bond acceptors (Lipinski definition) is 4. The van der Waals surface area contributed by atoms with Crippen molar-refractivity contribution in [1.82, 2.24) is 10.3 Å². The van der Waals surface area contributed by atoms with Crippen molar-refractivity contribution < 1.29 is 14.6 Å². The highest BCUT2D eigenvalue weighted by atomic mass is 16.6.